The van der Waals surface area contributed by atoms with Crippen LogP contribution in [0.2, 0.25) is 0 Å². The van der Waals surface area contributed by atoms with Crippen molar-refractivity contribution in [3.8, 4) is 0 Å². The van der Waals surface area contributed by atoms with Gasteiger partial charge < -0.3 is 10.6 Å². The molecule has 0 radical (unpaired) electrons. The second-order valence-corrected chi connectivity index (χ2v) is 9.20. The molecule has 1 unspecified atom stereocenters. The number of nitrogens with zero attached hydrogens (tertiary/aromatic N) is 2. The van der Waals surface area contributed by atoms with Gasteiger partial charge in [-0.2, -0.15) is 4.31 Å². The molecule has 1 saturated heterocycles. The number of piperazine rings is 1. The fourth-order valence-corrected chi connectivity index (χ4v) is 5.59. The van der Waals surface area contributed by atoms with E-state index in [-0.39, 0.29) is 5.91 Å². The highest BCUT2D eigenvalue weighted by Crippen LogP contribution is 2.28. The Morgan fingerprint density at radius 2 is 1.95 bits per heavy atom. The van der Waals surface area contributed by atoms with E-state index >= 15 is 0 Å². The molecule has 0 aromatic carbocycles. The van der Waals surface area contributed by atoms with Crippen LogP contribution in [0.3, 0.4) is 0 Å². The average molecular weight is 382 g/mol. The maximum Gasteiger partial charge on any atom is 0.252 e. The number of thiophene rings is 1. The molecule has 1 atom stereocenters. The normalized spacial score (nSPS) is 19.1. The zero-order chi connectivity index (χ0) is 14.9. The molecule has 1 aromatic heterocycles. The van der Waals surface area contributed by atoms with Crippen molar-refractivity contribution in [2.75, 3.05) is 26.2 Å². The summed E-state index contributed by atoms with van der Waals surface area (Å²) < 4.78 is 27.3. The lowest BCUT2D eigenvalue weighted by atomic mass is 10.2. The zero-order valence-corrected chi connectivity index (χ0v) is 14.2. The third kappa shape index (κ3) is 3.22. The molecule has 0 spiro atoms. The highest BCUT2D eigenvalue weighted by atomic mass is 79.9. The lowest BCUT2D eigenvalue weighted by Crippen LogP contribution is -2.53. The van der Waals surface area contributed by atoms with Crippen molar-refractivity contribution in [3.05, 3.63) is 15.9 Å². The summed E-state index contributed by atoms with van der Waals surface area (Å²) in [6.07, 6.45) is 0. The van der Waals surface area contributed by atoms with Gasteiger partial charge in [-0.15, -0.1) is 11.3 Å². The van der Waals surface area contributed by atoms with E-state index in [1.807, 2.05) is 0 Å². The molecule has 2 N–H and O–H groups in total. The molecule has 0 aliphatic carbocycles. The van der Waals surface area contributed by atoms with E-state index in [0.29, 0.717) is 30.4 Å². The molecular weight excluding hydrogens is 366 g/mol. The van der Waals surface area contributed by atoms with Gasteiger partial charge in [-0.1, -0.05) is 0 Å². The van der Waals surface area contributed by atoms with E-state index in [1.165, 1.54) is 15.6 Å². The van der Waals surface area contributed by atoms with Crippen molar-refractivity contribution in [2.24, 2.45) is 5.73 Å². The Balaban J connectivity index is 2.05. The average Bonchev–Trinajstić information content (AvgIpc) is 2.85. The van der Waals surface area contributed by atoms with Gasteiger partial charge in [0.05, 0.1) is 9.83 Å². The van der Waals surface area contributed by atoms with Gasteiger partial charge in [-0.25, -0.2) is 8.42 Å². The van der Waals surface area contributed by atoms with E-state index < -0.39 is 16.1 Å². The lowest BCUT2D eigenvalue weighted by molar-refractivity contribution is -0.133. The standard InChI is InChI=1S/C11H16BrN3O3S2/c1-8(13)11(16)14-4-6-15(7-5-14)20(17,18)10-3-2-9(12)19-10/h2-3,8H,4-7,13H2,1H3. The molecule has 0 saturated carbocycles. The van der Waals surface area contributed by atoms with Crippen LogP contribution in [0.5, 0.6) is 0 Å². The SMILES string of the molecule is CC(N)C(=O)N1CCN(S(=O)(=O)c2ccc(Br)s2)CC1. The number of sulfonamides is 1. The molecule has 9 heteroatoms. The first-order valence-electron chi connectivity index (χ1n) is 6.12. The van der Waals surface area contributed by atoms with E-state index in [4.69, 9.17) is 5.73 Å². The van der Waals surface area contributed by atoms with Gasteiger partial charge in [0.15, 0.2) is 0 Å². The predicted octanol–water partition coefficient (Wildman–Crippen LogP) is 0.691. The van der Waals surface area contributed by atoms with Crippen LogP contribution in [0.15, 0.2) is 20.1 Å². The van der Waals surface area contributed by atoms with Crippen LogP contribution in [0.4, 0.5) is 0 Å². The molecular formula is C11H16BrN3O3S2. The van der Waals surface area contributed by atoms with Gasteiger partial charge in [-0.3, -0.25) is 4.79 Å². The number of amides is 1. The molecule has 0 bridgehead atoms. The third-order valence-corrected chi connectivity index (χ3v) is 7.07. The first-order chi connectivity index (χ1) is 9.32. The number of rotatable bonds is 3. The first-order valence-corrected chi connectivity index (χ1v) is 9.17. The minimum Gasteiger partial charge on any atom is -0.339 e. The van der Waals surface area contributed by atoms with Gasteiger partial charge in [0.1, 0.15) is 4.21 Å². The quantitative estimate of drug-likeness (QED) is 0.834. The number of halogens is 1. The molecule has 1 fully saturated rings. The first kappa shape index (κ1) is 15.9. The third-order valence-electron chi connectivity index (χ3n) is 3.08. The number of nitrogens with two attached hydrogens (primary N) is 1. The van der Waals surface area contributed by atoms with Crippen LogP contribution >= 0.6 is 27.3 Å². The molecule has 6 nitrogen and oxygen atoms in total. The number of hydrogen-bond donors (Lipinski definition) is 1. The Bertz CT molecular complexity index is 592. The predicted molar refractivity (Wildman–Crippen MR) is 81.0 cm³/mol. The molecule has 112 valence electrons. The number of carbonyl (C=O) groups is 1. The summed E-state index contributed by atoms with van der Waals surface area (Å²) in [6.45, 7) is 3.00. The molecule has 1 amide bonds. The topological polar surface area (TPSA) is 83.7 Å². The van der Waals surface area contributed by atoms with Crippen molar-refractivity contribution in [1.82, 2.24) is 9.21 Å². The minimum atomic E-state index is -3.46. The fourth-order valence-electron chi connectivity index (χ4n) is 2.00. The van der Waals surface area contributed by atoms with Crippen LogP contribution in [0, 0.1) is 0 Å². The van der Waals surface area contributed by atoms with Gasteiger partial charge >= 0.3 is 0 Å². The largest absolute Gasteiger partial charge is 0.339 e. The highest BCUT2D eigenvalue weighted by molar-refractivity contribution is 9.11. The van der Waals surface area contributed by atoms with Crippen molar-refractivity contribution < 1.29 is 13.2 Å². The van der Waals surface area contributed by atoms with Crippen LogP contribution in [0.1, 0.15) is 6.92 Å². The van der Waals surface area contributed by atoms with Crippen LogP contribution in [-0.4, -0.2) is 55.8 Å². The Morgan fingerprint density at radius 3 is 2.40 bits per heavy atom. The summed E-state index contributed by atoms with van der Waals surface area (Å²) in [5, 5.41) is 0. The second-order valence-electron chi connectivity index (χ2n) is 4.58. The molecule has 2 heterocycles. The monoisotopic (exact) mass is 381 g/mol. The highest BCUT2D eigenvalue weighted by Gasteiger charge is 2.31. The van der Waals surface area contributed by atoms with Gasteiger partial charge in [0.25, 0.3) is 10.0 Å². The summed E-state index contributed by atoms with van der Waals surface area (Å²) in [7, 11) is -3.46. The van der Waals surface area contributed by atoms with Crippen molar-refractivity contribution in [1.29, 1.82) is 0 Å². The Kier molecular flexibility index (Phi) is 4.85. The van der Waals surface area contributed by atoms with E-state index in [0.717, 1.165) is 3.79 Å². The Morgan fingerprint density at radius 1 is 1.35 bits per heavy atom. The maximum atomic E-state index is 12.4. The summed E-state index contributed by atoms with van der Waals surface area (Å²) in [6, 6.07) is 2.75. The van der Waals surface area contributed by atoms with E-state index in [1.54, 1.807) is 24.0 Å². The van der Waals surface area contributed by atoms with Crippen molar-refractivity contribution in [3.63, 3.8) is 0 Å². The van der Waals surface area contributed by atoms with E-state index in [2.05, 4.69) is 15.9 Å². The summed E-state index contributed by atoms with van der Waals surface area (Å²) in [5.74, 6) is -0.138. The number of hydrogen-bond acceptors (Lipinski definition) is 5. The summed E-state index contributed by atoms with van der Waals surface area (Å²) in [5.41, 5.74) is 5.55. The molecule has 1 aromatic rings. The Labute approximate surface area is 130 Å². The zero-order valence-electron chi connectivity index (χ0n) is 11.0. The fraction of sp³-hybridized carbons (Fsp3) is 0.545. The van der Waals surface area contributed by atoms with Gasteiger partial charge in [0.2, 0.25) is 5.91 Å². The maximum absolute atomic E-state index is 12.4. The van der Waals surface area contributed by atoms with E-state index in [9.17, 15) is 13.2 Å². The summed E-state index contributed by atoms with van der Waals surface area (Å²) >= 11 is 4.45. The minimum absolute atomic E-state index is 0.138. The summed E-state index contributed by atoms with van der Waals surface area (Å²) in [4.78, 5) is 13.4. The molecule has 1 aliphatic heterocycles. The number of carbonyl (C=O) groups excluding carboxylic acids is 1. The molecule has 2 rings (SSSR count). The lowest BCUT2D eigenvalue weighted by Gasteiger charge is -2.34. The van der Waals surface area contributed by atoms with Gasteiger partial charge in [0, 0.05) is 26.2 Å². The van der Waals surface area contributed by atoms with Crippen molar-refractivity contribution in [2.45, 2.75) is 17.2 Å². The molecule has 1 aliphatic rings. The smallest absolute Gasteiger partial charge is 0.252 e. The Hall–Kier alpha value is -0.480. The molecule has 20 heavy (non-hydrogen) atoms. The van der Waals surface area contributed by atoms with Crippen LogP contribution in [0.25, 0.3) is 0 Å². The van der Waals surface area contributed by atoms with Crippen LogP contribution in [-0.2, 0) is 14.8 Å². The second kappa shape index (κ2) is 6.10. The van der Waals surface area contributed by atoms with Gasteiger partial charge in [-0.05, 0) is 35.0 Å². The van der Waals surface area contributed by atoms with Crippen LogP contribution < -0.4 is 5.73 Å². The van der Waals surface area contributed by atoms with Crippen molar-refractivity contribution >= 4 is 43.2 Å².